The van der Waals surface area contributed by atoms with Crippen LogP contribution in [0, 0.1) is 0 Å². The smallest absolute Gasteiger partial charge is 0.331 e. The molecule has 1 amide bonds. The first-order valence-electron chi connectivity index (χ1n) is 15.6. The van der Waals surface area contributed by atoms with Gasteiger partial charge in [0.2, 0.25) is 12.7 Å². The molecule has 2 heterocycles. The molecule has 0 atom stereocenters. The number of carboxylic acid groups (broad SMARTS) is 1. The molecule has 0 spiro atoms. The molecule has 49 heavy (non-hydrogen) atoms. The molecule has 1 aliphatic heterocycles. The Morgan fingerprint density at radius 1 is 1.02 bits per heavy atom. The van der Waals surface area contributed by atoms with Crippen LogP contribution in [0.3, 0.4) is 0 Å². The summed E-state index contributed by atoms with van der Waals surface area (Å²) in [4.78, 5) is 29.9. The average molecular weight is 691 g/mol. The first kappa shape index (κ1) is 35.0. The van der Waals surface area contributed by atoms with Crippen LogP contribution in [0.25, 0.3) is 11.8 Å². The highest BCUT2D eigenvalue weighted by Gasteiger charge is 2.22. The number of nitrogens with zero attached hydrogens (tertiary/aromatic N) is 2. The van der Waals surface area contributed by atoms with Gasteiger partial charge in [0.15, 0.2) is 11.5 Å². The van der Waals surface area contributed by atoms with Gasteiger partial charge in [-0.05, 0) is 54.5 Å². The number of carbonyl (C=O) groups is 2. The second kappa shape index (κ2) is 15.7. The minimum Gasteiger partial charge on any atom is -0.497 e. The molecule has 3 aromatic carbocycles. The second-order valence-corrected chi connectivity index (χ2v) is 12.8. The summed E-state index contributed by atoms with van der Waals surface area (Å²) in [5, 5.41) is 13.3. The van der Waals surface area contributed by atoms with Crippen molar-refractivity contribution in [2.45, 2.75) is 44.0 Å². The Labute approximate surface area is 284 Å². The minimum absolute atomic E-state index is 0.0172. The van der Waals surface area contributed by atoms with Gasteiger partial charge in [-0.1, -0.05) is 31.5 Å². The molecule has 0 unspecified atom stereocenters. The van der Waals surface area contributed by atoms with Gasteiger partial charge >= 0.3 is 5.97 Å². The third-order valence-electron chi connectivity index (χ3n) is 7.80. The lowest BCUT2D eigenvalue weighted by Crippen LogP contribution is -2.37. The van der Waals surface area contributed by atoms with Gasteiger partial charge in [-0.3, -0.25) is 9.36 Å². The molecule has 1 aromatic heterocycles. The van der Waals surface area contributed by atoms with Crippen LogP contribution < -0.4 is 29.0 Å². The molecule has 0 aliphatic carbocycles. The number of hydrogen-bond donors (Lipinski definition) is 3. The molecule has 3 N–H and O–H groups in total. The van der Waals surface area contributed by atoms with E-state index < -0.39 is 21.9 Å². The third kappa shape index (κ3) is 8.39. The summed E-state index contributed by atoms with van der Waals surface area (Å²) in [6, 6.07) is 16.5. The van der Waals surface area contributed by atoms with Gasteiger partial charge < -0.3 is 29.4 Å². The molecule has 0 fully saturated rings. The number of benzene rings is 3. The van der Waals surface area contributed by atoms with Crippen LogP contribution in [0.5, 0.6) is 23.0 Å². The highest BCUT2D eigenvalue weighted by atomic mass is 32.2. The monoisotopic (exact) mass is 690 g/mol. The number of aromatic nitrogens is 2. The molecule has 4 aromatic rings. The molecule has 5 rings (SSSR count). The summed E-state index contributed by atoms with van der Waals surface area (Å²) in [5.41, 5.74) is 2.62. The van der Waals surface area contributed by atoms with E-state index in [-0.39, 0.29) is 36.8 Å². The highest BCUT2D eigenvalue weighted by Crippen LogP contribution is 2.39. The van der Waals surface area contributed by atoms with E-state index in [4.69, 9.17) is 18.9 Å². The number of rotatable bonds is 16. The maximum atomic E-state index is 12.6. The van der Waals surface area contributed by atoms with Gasteiger partial charge in [-0.15, -0.1) is 0 Å². The molecular weight excluding hydrogens is 652 g/mol. The van der Waals surface area contributed by atoms with Gasteiger partial charge in [0.05, 0.1) is 43.2 Å². The summed E-state index contributed by atoms with van der Waals surface area (Å²) in [6.45, 7) is 2.00. The number of aliphatic carboxylic acids is 1. The zero-order chi connectivity index (χ0) is 35.0. The zero-order valence-electron chi connectivity index (χ0n) is 27.4. The van der Waals surface area contributed by atoms with Crippen molar-refractivity contribution in [1.29, 1.82) is 0 Å². The molecule has 0 bridgehead atoms. The number of carbonyl (C=O) groups excluding carboxylic acids is 1. The predicted octanol–water partition coefficient (Wildman–Crippen LogP) is 4.27. The Morgan fingerprint density at radius 3 is 2.47 bits per heavy atom. The number of amides is 1. The van der Waals surface area contributed by atoms with Crippen LogP contribution in [-0.2, 0) is 39.0 Å². The van der Waals surface area contributed by atoms with Crippen LogP contribution >= 0.6 is 0 Å². The topological polar surface area (TPSA) is 167 Å². The highest BCUT2D eigenvalue weighted by molar-refractivity contribution is 7.90. The molecule has 0 radical (unpaired) electrons. The van der Waals surface area contributed by atoms with E-state index in [0.29, 0.717) is 51.9 Å². The normalized spacial score (nSPS) is 12.5. The lowest BCUT2D eigenvalue weighted by molar-refractivity contribution is -0.132. The fourth-order valence-electron chi connectivity index (χ4n) is 5.37. The number of carboxylic acids is 1. The van der Waals surface area contributed by atoms with Crippen molar-refractivity contribution < 1.29 is 42.1 Å². The van der Waals surface area contributed by atoms with Gasteiger partial charge in [0.25, 0.3) is 10.0 Å². The van der Waals surface area contributed by atoms with Crippen LogP contribution in [-0.4, -0.2) is 62.5 Å². The molecule has 0 saturated carbocycles. The molecule has 14 heteroatoms. The van der Waals surface area contributed by atoms with E-state index in [1.807, 2.05) is 10.6 Å². The molecule has 258 valence electrons. The van der Waals surface area contributed by atoms with Gasteiger partial charge in [-0.25, -0.2) is 22.9 Å². The van der Waals surface area contributed by atoms with Crippen LogP contribution in [0.2, 0.25) is 0 Å². The number of nitrogens with one attached hydrogen (secondary N) is 2. The number of sulfonamides is 1. The lowest BCUT2D eigenvalue weighted by Gasteiger charge is -2.17. The van der Waals surface area contributed by atoms with E-state index in [2.05, 4.69) is 21.9 Å². The minimum atomic E-state index is -4.03. The first-order chi connectivity index (χ1) is 23.6. The van der Waals surface area contributed by atoms with E-state index >= 15 is 0 Å². The lowest BCUT2D eigenvalue weighted by atomic mass is 10.0. The maximum absolute atomic E-state index is 12.6. The Hall–Kier alpha value is -5.34. The second-order valence-electron chi connectivity index (χ2n) is 11.1. The van der Waals surface area contributed by atoms with Gasteiger partial charge in [0.1, 0.15) is 17.3 Å². The molecule has 1 aliphatic rings. The van der Waals surface area contributed by atoms with Crippen molar-refractivity contribution in [2.75, 3.05) is 27.6 Å². The van der Waals surface area contributed by atoms with Crippen molar-refractivity contribution in [3.8, 4) is 28.7 Å². The summed E-state index contributed by atoms with van der Waals surface area (Å²) >= 11 is 0. The molecule has 0 saturated heterocycles. The van der Waals surface area contributed by atoms with E-state index in [1.54, 1.807) is 54.7 Å². The quantitative estimate of drug-likeness (QED) is 0.144. The van der Waals surface area contributed by atoms with Crippen molar-refractivity contribution in [3.05, 3.63) is 95.1 Å². The summed E-state index contributed by atoms with van der Waals surface area (Å²) in [6.07, 6.45) is 5.64. The summed E-state index contributed by atoms with van der Waals surface area (Å²) in [5.74, 6) is 0.938. The number of ether oxygens (including phenoxy) is 4. The average Bonchev–Trinajstić information content (AvgIpc) is 3.72. The zero-order valence-corrected chi connectivity index (χ0v) is 28.2. The molecule has 13 nitrogen and oxygen atoms in total. The largest absolute Gasteiger partial charge is 0.497 e. The van der Waals surface area contributed by atoms with E-state index in [1.165, 1.54) is 26.4 Å². The van der Waals surface area contributed by atoms with Crippen molar-refractivity contribution in [3.63, 3.8) is 0 Å². The number of fused-ring (bicyclic) bond motifs is 1. The number of unbranched alkanes of at least 4 members (excludes halogenated alkanes) is 1. The van der Waals surface area contributed by atoms with Crippen LogP contribution in [0.15, 0.2) is 77.3 Å². The van der Waals surface area contributed by atoms with Crippen molar-refractivity contribution in [1.82, 2.24) is 19.6 Å². The predicted molar refractivity (Wildman–Crippen MR) is 181 cm³/mol. The first-order valence-corrected chi connectivity index (χ1v) is 17.1. The number of imidazole rings is 1. The standard InChI is InChI=1S/C35H38N4O9S/c1-4-5-11-33-37-20-26(15-24(35(41)42)14-23-17-31-32(48-22-47-31)18-30(23)46-3)39(33)29-13-12-27(45-2)16-25(29)19-36-21-34(40)38-49(43,44)28-9-7-6-8-10-28/h6-10,12-13,15-18,20,36H,4-5,11,14,19,21-22H2,1-3H3,(H,38,40)(H,41,42)/b24-15+. The van der Waals surface area contributed by atoms with Crippen LogP contribution in [0.1, 0.15) is 42.4 Å². The fraction of sp³-hybridized carbons (Fsp3) is 0.286. The number of aryl methyl sites for hydroxylation is 1. The third-order valence-corrected chi connectivity index (χ3v) is 9.19. The Kier molecular flexibility index (Phi) is 11.2. The Balaban J connectivity index is 1.45. The van der Waals surface area contributed by atoms with Crippen LogP contribution in [0.4, 0.5) is 0 Å². The fourth-order valence-corrected chi connectivity index (χ4v) is 6.37. The summed E-state index contributed by atoms with van der Waals surface area (Å²) in [7, 11) is -0.983. The molecular formula is C35H38N4O9S. The van der Waals surface area contributed by atoms with Gasteiger partial charge in [0, 0.05) is 36.6 Å². The van der Waals surface area contributed by atoms with Crippen molar-refractivity contribution >= 4 is 28.0 Å². The number of methoxy groups -OCH3 is 2. The Bertz CT molecular complexity index is 1960. The Morgan fingerprint density at radius 2 is 1.78 bits per heavy atom. The number of hydrogen-bond acceptors (Lipinski definition) is 10. The summed E-state index contributed by atoms with van der Waals surface area (Å²) < 4.78 is 51.2. The van der Waals surface area contributed by atoms with Crippen molar-refractivity contribution in [2.24, 2.45) is 0 Å². The van der Waals surface area contributed by atoms with E-state index in [0.717, 1.165) is 18.7 Å². The maximum Gasteiger partial charge on any atom is 0.331 e. The SMILES string of the molecule is CCCCc1ncc(/C=C(\Cc2cc3c(cc2OC)OCO3)C(=O)O)n1-c1ccc(OC)cc1CNCC(=O)NS(=O)(=O)c1ccccc1. The van der Waals surface area contributed by atoms with Gasteiger partial charge in [-0.2, -0.15) is 0 Å². The van der Waals surface area contributed by atoms with E-state index in [9.17, 15) is 23.1 Å².